The zero-order valence-electron chi connectivity index (χ0n) is 17.3. The number of rotatable bonds is 9. The lowest BCUT2D eigenvalue weighted by Crippen LogP contribution is -2.38. The van der Waals surface area contributed by atoms with Gasteiger partial charge in [0.05, 0.1) is 6.54 Å². The summed E-state index contributed by atoms with van der Waals surface area (Å²) in [5.74, 6) is 1.01. The third-order valence-corrected chi connectivity index (χ3v) is 4.88. The predicted molar refractivity (Wildman–Crippen MR) is 113 cm³/mol. The molecule has 0 radical (unpaired) electrons. The van der Waals surface area contributed by atoms with Gasteiger partial charge in [-0.15, -0.1) is 0 Å². The average molecular weight is 417 g/mol. The van der Waals surface area contributed by atoms with E-state index in [1.165, 1.54) is 18.7 Å². The minimum atomic E-state index is -0.928. The second-order valence-electron chi connectivity index (χ2n) is 7.16. The van der Waals surface area contributed by atoms with Gasteiger partial charge in [-0.1, -0.05) is 18.2 Å². The number of nitrogens with one attached hydrogen (secondary N) is 1. The summed E-state index contributed by atoms with van der Waals surface area (Å²) in [6, 6.07) is 7.49. The quantitative estimate of drug-likeness (QED) is 0.418. The molecule has 0 saturated carbocycles. The number of aliphatic hydroxyl groups excluding tert-OH is 2. The molecule has 2 aromatic heterocycles. The van der Waals surface area contributed by atoms with E-state index in [1.54, 1.807) is 4.57 Å². The van der Waals surface area contributed by atoms with Crippen LogP contribution in [0.1, 0.15) is 12.0 Å². The van der Waals surface area contributed by atoms with Gasteiger partial charge in [-0.05, 0) is 25.0 Å². The minimum Gasteiger partial charge on any atom is -0.491 e. The van der Waals surface area contributed by atoms with Gasteiger partial charge in [0.2, 0.25) is 5.95 Å². The van der Waals surface area contributed by atoms with Crippen molar-refractivity contribution < 1.29 is 14.9 Å². The van der Waals surface area contributed by atoms with E-state index in [0.717, 1.165) is 10.1 Å². The highest BCUT2D eigenvalue weighted by molar-refractivity contribution is 5.74. The molecule has 0 aliphatic heterocycles. The number of hydrogen-bond acceptors (Lipinski definition) is 7. The maximum absolute atomic E-state index is 12.8. The summed E-state index contributed by atoms with van der Waals surface area (Å²) in [5.41, 5.74) is 0.404. The highest BCUT2D eigenvalue weighted by Gasteiger charge is 2.21. The first-order chi connectivity index (χ1) is 14.3. The summed E-state index contributed by atoms with van der Waals surface area (Å²) in [6.45, 7) is 2.40. The summed E-state index contributed by atoms with van der Waals surface area (Å²) in [5, 5.41) is 22.7. The Morgan fingerprint density at radius 1 is 1.20 bits per heavy atom. The number of nitrogens with zero attached hydrogens (tertiary/aromatic N) is 4. The van der Waals surface area contributed by atoms with Crippen LogP contribution < -0.4 is 21.3 Å². The van der Waals surface area contributed by atoms with Crippen molar-refractivity contribution in [1.82, 2.24) is 18.7 Å². The Kier molecular flexibility index (Phi) is 6.58. The van der Waals surface area contributed by atoms with Crippen molar-refractivity contribution in [2.24, 2.45) is 14.1 Å². The van der Waals surface area contributed by atoms with Crippen molar-refractivity contribution in [2.45, 2.75) is 26.0 Å². The van der Waals surface area contributed by atoms with Crippen LogP contribution in [0.25, 0.3) is 11.2 Å². The van der Waals surface area contributed by atoms with E-state index in [1.807, 2.05) is 31.2 Å². The van der Waals surface area contributed by atoms with E-state index in [0.29, 0.717) is 24.7 Å². The Balaban J connectivity index is 1.93. The maximum atomic E-state index is 12.8. The fourth-order valence-electron chi connectivity index (χ4n) is 3.21. The normalized spacial score (nSPS) is 12.3. The lowest BCUT2D eigenvalue weighted by atomic mass is 10.2. The minimum absolute atomic E-state index is 0.000369. The smallest absolute Gasteiger partial charge is 0.332 e. The molecule has 10 heteroatoms. The van der Waals surface area contributed by atoms with Crippen LogP contribution in [-0.4, -0.2) is 54.8 Å². The van der Waals surface area contributed by atoms with E-state index in [4.69, 9.17) is 9.84 Å². The fourth-order valence-corrected chi connectivity index (χ4v) is 3.21. The number of aromatic nitrogens is 4. The molecule has 162 valence electrons. The molecule has 3 rings (SSSR count). The van der Waals surface area contributed by atoms with Gasteiger partial charge in [0, 0.05) is 27.2 Å². The molecule has 1 atom stereocenters. The highest BCUT2D eigenvalue weighted by Crippen LogP contribution is 2.19. The van der Waals surface area contributed by atoms with E-state index < -0.39 is 17.4 Å². The summed E-state index contributed by atoms with van der Waals surface area (Å²) < 4.78 is 9.58. The van der Waals surface area contributed by atoms with Crippen molar-refractivity contribution in [2.75, 3.05) is 25.1 Å². The number of hydrogen-bond donors (Lipinski definition) is 3. The molecular weight excluding hydrogens is 390 g/mol. The molecule has 2 heterocycles. The van der Waals surface area contributed by atoms with E-state index in [2.05, 4.69) is 10.3 Å². The molecule has 0 spiro atoms. The zero-order valence-corrected chi connectivity index (χ0v) is 17.3. The number of ether oxygens (including phenoxy) is 1. The molecule has 30 heavy (non-hydrogen) atoms. The standard InChI is InChI=1S/C20H27N5O5/c1-13-7-4-5-8-15(13)30-12-14(27)11-25-16-17(22-19(25)21-9-6-10-26)23(2)20(29)24(3)18(16)28/h4-5,7-8,14,26-27H,6,9-12H2,1-3H3,(H,21,22). The van der Waals surface area contributed by atoms with Crippen LogP contribution >= 0.6 is 0 Å². The number of benzene rings is 1. The lowest BCUT2D eigenvalue weighted by molar-refractivity contribution is 0.0935. The van der Waals surface area contributed by atoms with Crippen molar-refractivity contribution in [3.05, 3.63) is 50.7 Å². The lowest BCUT2D eigenvalue weighted by Gasteiger charge is -2.16. The third kappa shape index (κ3) is 4.24. The first-order valence-electron chi connectivity index (χ1n) is 9.72. The van der Waals surface area contributed by atoms with Crippen LogP contribution in [0, 0.1) is 6.92 Å². The number of para-hydroxylation sites is 1. The Morgan fingerprint density at radius 2 is 1.93 bits per heavy atom. The average Bonchev–Trinajstić information content (AvgIpc) is 3.08. The van der Waals surface area contributed by atoms with E-state index >= 15 is 0 Å². The molecule has 0 fully saturated rings. The molecule has 10 nitrogen and oxygen atoms in total. The van der Waals surface area contributed by atoms with Gasteiger partial charge >= 0.3 is 5.69 Å². The van der Waals surface area contributed by atoms with Crippen LogP contribution in [0.15, 0.2) is 33.9 Å². The Hall–Kier alpha value is -3.11. The Labute approximate surface area is 173 Å². The first-order valence-corrected chi connectivity index (χ1v) is 9.72. The monoisotopic (exact) mass is 417 g/mol. The first kappa shape index (κ1) is 21.6. The topological polar surface area (TPSA) is 124 Å². The predicted octanol–water partition coefficient (Wildman–Crippen LogP) is -0.0237. The van der Waals surface area contributed by atoms with E-state index in [9.17, 15) is 14.7 Å². The van der Waals surface area contributed by atoms with Crippen LogP contribution in [0.4, 0.5) is 5.95 Å². The molecular formula is C20H27N5O5. The summed E-state index contributed by atoms with van der Waals surface area (Å²) in [6.07, 6.45) is -0.443. The maximum Gasteiger partial charge on any atom is 0.332 e. The number of aryl methyl sites for hydroxylation is 2. The zero-order chi connectivity index (χ0) is 21.8. The molecule has 0 saturated heterocycles. The Morgan fingerprint density at radius 3 is 2.63 bits per heavy atom. The third-order valence-electron chi connectivity index (χ3n) is 4.88. The van der Waals surface area contributed by atoms with Crippen molar-refractivity contribution in [1.29, 1.82) is 0 Å². The van der Waals surface area contributed by atoms with Gasteiger partial charge in [0.15, 0.2) is 11.2 Å². The van der Waals surface area contributed by atoms with Crippen LogP contribution in [0.5, 0.6) is 5.75 Å². The summed E-state index contributed by atoms with van der Waals surface area (Å²) in [7, 11) is 2.94. The van der Waals surface area contributed by atoms with Crippen LogP contribution in [0.2, 0.25) is 0 Å². The second kappa shape index (κ2) is 9.14. The van der Waals surface area contributed by atoms with Gasteiger partial charge in [-0.3, -0.25) is 13.9 Å². The van der Waals surface area contributed by atoms with Gasteiger partial charge in [0.1, 0.15) is 18.5 Å². The fraction of sp³-hybridized carbons (Fsp3) is 0.450. The molecule has 3 aromatic rings. The van der Waals surface area contributed by atoms with Crippen molar-refractivity contribution in [3.63, 3.8) is 0 Å². The molecule has 0 aliphatic carbocycles. The van der Waals surface area contributed by atoms with Gasteiger partial charge in [-0.25, -0.2) is 4.79 Å². The number of anilines is 1. The number of imidazole rings is 1. The molecule has 0 amide bonds. The SMILES string of the molecule is Cc1ccccc1OCC(O)Cn1c(NCCCO)nc2c1c(=O)n(C)c(=O)n2C. The van der Waals surface area contributed by atoms with Crippen LogP contribution in [-0.2, 0) is 20.6 Å². The largest absolute Gasteiger partial charge is 0.491 e. The van der Waals surface area contributed by atoms with Crippen LogP contribution in [0.3, 0.4) is 0 Å². The molecule has 3 N–H and O–H groups in total. The second-order valence-corrected chi connectivity index (χ2v) is 7.16. The van der Waals surface area contributed by atoms with Gasteiger partial charge in [0.25, 0.3) is 5.56 Å². The number of fused-ring (bicyclic) bond motifs is 1. The molecule has 1 aromatic carbocycles. The Bertz CT molecular complexity index is 1150. The molecule has 1 unspecified atom stereocenters. The summed E-state index contributed by atoms with van der Waals surface area (Å²) in [4.78, 5) is 29.4. The van der Waals surface area contributed by atoms with Gasteiger partial charge in [-0.2, -0.15) is 4.98 Å². The molecule has 0 bridgehead atoms. The number of aliphatic hydroxyl groups is 2. The molecule has 0 aliphatic rings. The summed E-state index contributed by atoms with van der Waals surface area (Å²) >= 11 is 0. The van der Waals surface area contributed by atoms with Gasteiger partial charge < -0.3 is 24.8 Å². The highest BCUT2D eigenvalue weighted by atomic mass is 16.5. The van der Waals surface area contributed by atoms with E-state index in [-0.39, 0.29) is 30.9 Å². The van der Waals surface area contributed by atoms with Crippen molar-refractivity contribution in [3.8, 4) is 5.75 Å². The van der Waals surface area contributed by atoms with Crippen molar-refractivity contribution >= 4 is 17.1 Å².